The van der Waals surface area contributed by atoms with E-state index in [2.05, 4.69) is 26.0 Å². The molecule has 0 spiro atoms. The van der Waals surface area contributed by atoms with E-state index in [1.807, 2.05) is 13.8 Å². The van der Waals surface area contributed by atoms with Gasteiger partial charge in [-0.3, -0.25) is 0 Å². The molecule has 18 heavy (non-hydrogen) atoms. The Morgan fingerprint density at radius 3 is 2.56 bits per heavy atom. The molecule has 0 amide bonds. The largest absolute Gasteiger partial charge is 0.493 e. The number of aryl methyl sites for hydroxylation is 3. The SMILES string of the molecule is CCOc1c(C)cc(C)cc1CCC(O)C(C)N. The summed E-state index contributed by atoms with van der Waals surface area (Å²) in [5, 5.41) is 9.78. The molecule has 0 aliphatic rings. The molecule has 1 aromatic rings. The van der Waals surface area contributed by atoms with Crippen molar-refractivity contribution >= 4 is 0 Å². The zero-order valence-electron chi connectivity index (χ0n) is 11.9. The van der Waals surface area contributed by atoms with Crippen LogP contribution in [0.4, 0.5) is 0 Å². The van der Waals surface area contributed by atoms with E-state index in [0.717, 1.165) is 23.3 Å². The summed E-state index contributed by atoms with van der Waals surface area (Å²) in [7, 11) is 0. The topological polar surface area (TPSA) is 55.5 Å². The van der Waals surface area contributed by atoms with Gasteiger partial charge in [-0.1, -0.05) is 17.7 Å². The fraction of sp³-hybridized carbons (Fsp3) is 0.600. The van der Waals surface area contributed by atoms with Crippen molar-refractivity contribution in [2.75, 3.05) is 6.61 Å². The molecule has 1 rings (SSSR count). The molecule has 0 heterocycles. The molecular weight excluding hydrogens is 226 g/mol. The summed E-state index contributed by atoms with van der Waals surface area (Å²) >= 11 is 0. The number of ether oxygens (including phenoxy) is 1. The third kappa shape index (κ3) is 4.00. The third-order valence-corrected chi connectivity index (χ3v) is 3.10. The van der Waals surface area contributed by atoms with Gasteiger partial charge in [0.25, 0.3) is 0 Å². The Morgan fingerprint density at radius 2 is 2.00 bits per heavy atom. The van der Waals surface area contributed by atoms with Gasteiger partial charge in [-0.15, -0.1) is 0 Å². The van der Waals surface area contributed by atoms with Crippen molar-refractivity contribution in [3.8, 4) is 5.75 Å². The molecule has 0 radical (unpaired) electrons. The number of hydrogen-bond donors (Lipinski definition) is 2. The molecule has 0 fully saturated rings. The maximum Gasteiger partial charge on any atom is 0.125 e. The first-order valence-corrected chi connectivity index (χ1v) is 6.62. The van der Waals surface area contributed by atoms with Crippen molar-refractivity contribution < 1.29 is 9.84 Å². The fourth-order valence-electron chi connectivity index (χ4n) is 2.15. The molecule has 0 aromatic heterocycles. The van der Waals surface area contributed by atoms with Crippen LogP contribution < -0.4 is 10.5 Å². The average molecular weight is 251 g/mol. The van der Waals surface area contributed by atoms with E-state index < -0.39 is 6.10 Å². The Kier molecular flexibility index (Phi) is 5.63. The summed E-state index contributed by atoms with van der Waals surface area (Å²) in [4.78, 5) is 0. The molecule has 0 saturated heterocycles. The lowest BCUT2D eigenvalue weighted by Gasteiger charge is -2.17. The zero-order chi connectivity index (χ0) is 13.7. The molecule has 3 nitrogen and oxygen atoms in total. The molecule has 1 aromatic carbocycles. The summed E-state index contributed by atoms with van der Waals surface area (Å²) < 4.78 is 5.70. The van der Waals surface area contributed by atoms with Crippen molar-refractivity contribution in [2.45, 2.75) is 52.7 Å². The van der Waals surface area contributed by atoms with Crippen molar-refractivity contribution in [3.05, 3.63) is 28.8 Å². The molecule has 0 aliphatic heterocycles. The van der Waals surface area contributed by atoms with Crippen LogP contribution in [-0.2, 0) is 6.42 Å². The summed E-state index contributed by atoms with van der Waals surface area (Å²) in [6, 6.07) is 4.06. The van der Waals surface area contributed by atoms with Crippen LogP contribution in [0.3, 0.4) is 0 Å². The Hall–Kier alpha value is -1.06. The fourth-order valence-corrected chi connectivity index (χ4v) is 2.15. The number of aliphatic hydroxyl groups is 1. The third-order valence-electron chi connectivity index (χ3n) is 3.10. The first-order valence-electron chi connectivity index (χ1n) is 6.62. The van der Waals surface area contributed by atoms with Crippen LogP contribution in [0.2, 0.25) is 0 Å². The molecule has 0 saturated carbocycles. The van der Waals surface area contributed by atoms with Crippen molar-refractivity contribution in [3.63, 3.8) is 0 Å². The minimum absolute atomic E-state index is 0.188. The minimum atomic E-state index is -0.458. The lowest BCUT2D eigenvalue weighted by molar-refractivity contribution is 0.141. The molecule has 2 atom stereocenters. The first kappa shape index (κ1) is 15.0. The maximum atomic E-state index is 9.78. The predicted octanol–water partition coefficient (Wildman–Crippen LogP) is 2.34. The summed E-state index contributed by atoms with van der Waals surface area (Å²) in [6.07, 6.45) is 1.00. The highest BCUT2D eigenvalue weighted by Gasteiger charge is 2.13. The van der Waals surface area contributed by atoms with Gasteiger partial charge < -0.3 is 15.6 Å². The number of hydrogen-bond acceptors (Lipinski definition) is 3. The van der Waals surface area contributed by atoms with E-state index in [1.165, 1.54) is 5.56 Å². The van der Waals surface area contributed by atoms with Crippen LogP contribution in [0.25, 0.3) is 0 Å². The van der Waals surface area contributed by atoms with Gasteiger partial charge in [-0.2, -0.15) is 0 Å². The molecule has 3 heteroatoms. The van der Waals surface area contributed by atoms with Gasteiger partial charge in [0, 0.05) is 6.04 Å². The van der Waals surface area contributed by atoms with E-state index in [-0.39, 0.29) is 6.04 Å². The summed E-state index contributed by atoms with van der Waals surface area (Å²) in [5.74, 6) is 0.958. The zero-order valence-corrected chi connectivity index (χ0v) is 11.9. The second-order valence-electron chi connectivity index (χ2n) is 4.97. The molecule has 0 bridgehead atoms. The van der Waals surface area contributed by atoms with Gasteiger partial charge >= 0.3 is 0 Å². The van der Waals surface area contributed by atoms with Crippen LogP contribution in [0.5, 0.6) is 5.75 Å². The number of rotatable bonds is 6. The van der Waals surface area contributed by atoms with E-state index in [0.29, 0.717) is 13.0 Å². The normalized spacial score (nSPS) is 14.3. The summed E-state index contributed by atoms with van der Waals surface area (Å²) in [6.45, 7) is 8.61. The second kappa shape index (κ2) is 6.76. The first-order chi connectivity index (χ1) is 8.45. The van der Waals surface area contributed by atoms with Crippen LogP contribution >= 0.6 is 0 Å². The molecular formula is C15H25NO2. The maximum absolute atomic E-state index is 9.78. The van der Waals surface area contributed by atoms with Crippen molar-refractivity contribution in [2.24, 2.45) is 5.73 Å². The van der Waals surface area contributed by atoms with Gasteiger partial charge in [0.15, 0.2) is 0 Å². The van der Waals surface area contributed by atoms with Gasteiger partial charge in [0.05, 0.1) is 12.7 Å². The van der Waals surface area contributed by atoms with E-state index in [4.69, 9.17) is 10.5 Å². The highest BCUT2D eigenvalue weighted by atomic mass is 16.5. The second-order valence-corrected chi connectivity index (χ2v) is 4.97. The highest BCUT2D eigenvalue weighted by molar-refractivity contribution is 5.44. The summed E-state index contributed by atoms with van der Waals surface area (Å²) in [5.41, 5.74) is 9.21. The molecule has 102 valence electrons. The highest BCUT2D eigenvalue weighted by Crippen LogP contribution is 2.27. The Bertz CT molecular complexity index is 388. The predicted molar refractivity (Wildman–Crippen MR) is 75.1 cm³/mol. The average Bonchev–Trinajstić information content (AvgIpc) is 2.29. The van der Waals surface area contributed by atoms with Gasteiger partial charge in [0.2, 0.25) is 0 Å². The standard InChI is InChI=1S/C15H25NO2/c1-5-18-15-11(3)8-10(2)9-13(15)6-7-14(17)12(4)16/h8-9,12,14,17H,5-7,16H2,1-4H3. The van der Waals surface area contributed by atoms with Crippen LogP contribution in [0.1, 0.15) is 37.0 Å². The molecule has 3 N–H and O–H groups in total. The van der Waals surface area contributed by atoms with Crippen LogP contribution in [0.15, 0.2) is 12.1 Å². The number of aliphatic hydroxyl groups excluding tert-OH is 1. The van der Waals surface area contributed by atoms with E-state index in [9.17, 15) is 5.11 Å². The molecule has 0 aliphatic carbocycles. The Labute approximate surface area is 110 Å². The Balaban J connectivity index is 2.85. The monoisotopic (exact) mass is 251 g/mol. The van der Waals surface area contributed by atoms with E-state index in [1.54, 1.807) is 0 Å². The number of benzene rings is 1. The van der Waals surface area contributed by atoms with Gasteiger partial charge in [-0.05, 0) is 51.7 Å². The van der Waals surface area contributed by atoms with Gasteiger partial charge in [0.1, 0.15) is 5.75 Å². The molecule has 2 unspecified atom stereocenters. The lowest BCUT2D eigenvalue weighted by atomic mass is 9.98. The van der Waals surface area contributed by atoms with Crippen LogP contribution in [0, 0.1) is 13.8 Å². The van der Waals surface area contributed by atoms with E-state index >= 15 is 0 Å². The smallest absolute Gasteiger partial charge is 0.125 e. The van der Waals surface area contributed by atoms with Crippen molar-refractivity contribution in [1.29, 1.82) is 0 Å². The lowest BCUT2D eigenvalue weighted by Crippen LogP contribution is -2.31. The van der Waals surface area contributed by atoms with Crippen LogP contribution in [-0.4, -0.2) is 23.9 Å². The Morgan fingerprint density at radius 1 is 1.33 bits per heavy atom. The quantitative estimate of drug-likeness (QED) is 0.816. The minimum Gasteiger partial charge on any atom is -0.493 e. The number of nitrogens with two attached hydrogens (primary N) is 1. The van der Waals surface area contributed by atoms with Crippen molar-refractivity contribution in [1.82, 2.24) is 0 Å². The van der Waals surface area contributed by atoms with Gasteiger partial charge in [-0.25, -0.2) is 0 Å².